The average Bonchev–Trinajstić information content (AvgIpc) is 3.05. The molecule has 0 fully saturated rings. The SMILES string of the molecule is CN=C(NCCCCN1C(=O)c2ccccc2C1=O)NCC1CC(=O)Nc2ccccc21.I. The number of aliphatic imine (C=N–C) groups is 1. The number of guanidine groups is 1. The molecule has 0 saturated heterocycles. The van der Waals surface area contributed by atoms with Crippen molar-refractivity contribution >= 4 is 53.3 Å². The first-order valence-corrected chi connectivity index (χ1v) is 10.9. The summed E-state index contributed by atoms with van der Waals surface area (Å²) in [4.78, 5) is 42.4. The van der Waals surface area contributed by atoms with Crippen molar-refractivity contribution in [1.82, 2.24) is 15.5 Å². The molecular formula is C24H28IN5O3. The number of nitrogens with one attached hydrogen (secondary N) is 3. The number of benzene rings is 2. The lowest BCUT2D eigenvalue weighted by Crippen LogP contribution is -2.41. The minimum atomic E-state index is -0.215. The van der Waals surface area contributed by atoms with Gasteiger partial charge in [0.2, 0.25) is 5.91 Å². The first-order chi connectivity index (χ1) is 15.6. The van der Waals surface area contributed by atoms with E-state index in [9.17, 15) is 14.4 Å². The topological polar surface area (TPSA) is 103 Å². The molecule has 2 aromatic carbocycles. The van der Waals surface area contributed by atoms with Crippen molar-refractivity contribution in [3.63, 3.8) is 0 Å². The Bertz CT molecular complexity index is 1040. The lowest BCUT2D eigenvalue weighted by molar-refractivity contribution is -0.116. The van der Waals surface area contributed by atoms with Crippen LogP contribution < -0.4 is 16.0 Å². The number of anilines is 1. The number of unbranched alkanes of at least 4 members (excludes halogenated alkanes) is 1. The van der Waals surface area contributed by atoms with Crippen molar-refractivity contribution < 1.29 is 14.4 Å². The summed E-state index contributed by atoms with van der Waals surface area (Å²) in [6.45, 7) is 1.65. The Morgan fingerprint density at radius 2 is 1.67 bits per heavy atom. The fourth-order valence-electron chi connectivity index (χ4n) is 4.17. The highest BCUT2D eigenvalue weighted by atomic mass is 127. The molecule has 2 aliphatic rings. The van der Waals surface area contributed by atoms with E-state index in [1.54, 1.807) is 31.3 Å². The molecular weight excluding hydrogens is 533 g/mol. The number of rotatable bonds is 7. The van der Waals surface area contributed by atoms with E-state index in [2.05, 4.69) is 20.9 Å². The van der Waals surface area contributed by atoms with E-state index >= 15 is 0 Å². The highest BCUT2D eigenvalue weighted by Crippen LogP contribution is 2.31. The highest BCUT2D eigenvalue weighted by molar-refractivity contribution is 14.0. The van der Waals surface area contributed by atoms with Crippen LogP contribution in [0.4, 0.5) is 5.69 Å². The van der Waals surface area contributed by atoms with Crippen molar-refractivity contribution in [2.24, 2.45) is 4.99 Å². The van der Waals surface area contributed by atoms with Crippen LogP contribution in [-0.4, -0.2) is 55.3 Å². The predicted molar refractivity (Wildman–Crippen MR) is 138 cm³/mol. The zero-order chi connectivity index (χ0) is 22.5. The zero-order valence-corrected chi connectivity index (χ0v) is 20.8. The van der Waals surface area contributed by atoms with E-state index in [1.807, 2.05) is 24.3 Å². The van der Waals surface area contributed by atoms with E-state index in [1.165, 1.54) is 4.90 Å². The second-order valence-corrected chi connectivity index (χ2v) is 7.93. The Morgan fingerprint density at radius 1 is 1.00 bits per heavy atom. The molecule has 1 atom stereocenters. The summed E-state index contributed by atoms with van der Waals surface area (Å²) in [6, 6.07) is 14.8. The zero-order valence-electron chi connectivity index (χ0n) is 18.5. The summed E-state index contributed by atoms with van der Waals surface area (Å²) in [6.07, 6.45) is 1.91. The Balaban J connectivity index is 0.00000306. The van der Waals surface area contributed by atoms with Crippen LogP contribution in [0.2, 0.25) is 0 Å². The Hall–Kier alpha value is -2.95. The summed E-state index contributed by atoms with van der Waals surface area (Å²) in [5, 5.41) is 9.47. The fourth-order valence-corrected chi connectivity index (χ4v) is 4.17. The number of halogens is 1. The number of amides is 3. The minimum absolute atomic E-state index is 0. The van der Waals surface area contributed by atoms with E-state index < -0.39 is 0 Å². The van der Waals surface area contributed by atoms with Crippen LogP contribution in [0.1, 0.15) is 51.5 Å². The second kappa shape index (κ2) is 11.3. The molecule has 0 aromatic heterocycles. The molecule has 0 aliphatic carbocycles. The number of carbonyl (C=O) groups is 3. The number of carbonyl (C=O) groups excluding carboxylic acids is 3. The smallest absolute Gasteiger partial charge is 0.261 e. The van der Waals surface area contributed by atoms with E-state index in [-0.39, 0.29) is 47.6 Å². The van der Waals surface area contributed by atoms with Crippen LogP contribution in [0.5, 0.6) is 0 Å². The van der Waals surface area contributed by atoms with E-state index in [0.717, 1.165) is 17.7 Å². The number of fused-ring (bicyclic) bond motifs is 2. The van der Waals surface area contributed by atoms with Crippen LogP contribution in [-0.2, 0) is 4.79 Å². The Labute approximate surface area is 210 Å². The van der Waals surface area contributed by atoms with Gasteiger partial charge in [-0.05, 0) is 36.6 Å². The van der Waals surface area contributed by atoms with Gasteiger partial charge < -0.3 is 16.0 Å². The van der Waals surface area contributed by atoms with Gasteiger partial charge >= 0.3 is 0 Å². The number of nitrogens with zero attached hydrogens (tertiary/aromatic N) is 2. The third-order valence-corrected chi connectivity index (χ3v) is 5.83. The maximum atomic E-state index is 12.4. The van der Waals surface area contributed by atoms with E-state index in [4.69, 9.17) is 0 Å². The number of hydrogen-bond donors (Lipinski definition) is 3. The van der Waals surface area contributed by atoms with Crippen LogP contribution in [0.25, 0.3) is 0 Å². The van der Waals surface area contributed by atoms with Crippen LogP contribution >= 0.6 is 24.0 Å². The van der Waals surface area contributed by atoms with Gasteiger partial charge in [-0.2, -0.15) is 0 Å². The van der Waals surface area contributed by atoms with Crippen LogP contribution in [0, 0.1) is 0 Å². The van der Waals surface area contributed by atoms with Gasteiger partial charge in [0.05, 0.1) is 11.1 Å². The van der Waals surface area contributed by atoms with Crippen LogP contribution in [0.3, 0.4) is 0 Å². The summed E-state index contributed by atoms with van der Waals surface area (Å²) in [7, 11) is 1.70. The van der Waals surface area contributed by atoms with Crippen molar-refractivity contribution in [2.75, 3.05) is 32.0 Å². The van der Waals surface area contributed by atoms with Gasteiger partial charge in [0, 0.05) is 44.7 Å². The maximum absolute atomic E-state index is 12.4. The molecule has 0 radical (unpaired) electrons. The molecule has 8 nitrogen and oxygen atoms in total. The molecule has 2 aromatic rings. The minimum Gasteiger partial charge on any atom is -0.356 e. The second-order valence-electron chi connectivity index (χ2n) is 7.93. The molecule has 9 heteroatoms. The number of hydrogen-bond acceptors (Lipinski definition) is 4. The molecule has 4 rings (SSSR count). The Morgan fingerprint density at radius 3 is 2.36 bits per heavy atom. The normalized spacial score (nSPS) is 17.1. The summed E-state index contributed by atoms with van der Waals surface area (Å²) in [5.74, 6) is 0.328. The molecule has 0 bridgehead atoms. The van der Waals surface area contributed by atoms with Gasteiger partial charge in [-0.25, -0.2) is 0 Å². The fraction of sp³-hybridized carbons (Fsp3) is 0.333. The molecule has 3 N–H and O–H groups in total. The van der Waals surface area contributed by atoms with Gasteiger partial charge in [-0.3, -0.25) is 24.3 Å². The van der Waals surface area contributed by atoms with Crippen molar-refractivity contribution in [1.29, 1.82) is 0 Å². The van der Waals surface area contributed by atoms with Gasteiger partial charge in [0.15, 0.2) is 5.96 Å². The maximum Gasteiger partial charge on any atom is 0.261 e. The first-order valence-electron chi connectivity index (χ1n) is 10.9. The van der Waals surface area contributed by atoms with Gasteiger partial charge in [-0.15, -0.1) is 24.0 Å². The lowest BCUT2D eigenvalue weighted by Gasteiger charge is -2.26. The summed E-state index contributed by atoms with van der Waals surface area (Å²) >= 11 is 0. The van der Waals surface area contributed by atoms with E-state index in [0.29, 0.717) is 49.6 Å². The van der Waals surface area contributed by atoms with Gasteiger partial charge in [0.25, 0.3) is 11.8 Å². The molecule has 2 aliphatic heterocycles. The van der Waals surface area contributed by atoms with Gasteiger partial charge in [-0.1, -0.05) is 30.3 Å². The first kappa shape index (κ1) is 24.7. The summed E-state index contributed by atoms with van der Waals surface area (Å²) in [5.41, 5.74) is 2.96. The van der Waals surface area contributed by atoms with Crippen molar-refractivity contribution in [3.05, 3.63) is 65.2 Å². The lowest BCUT2D eigenvalue weighted by atomic mass is 9.90. The molecule has 1 unspecified atom stereocenters. The predicted octanol–water partition coefficient (Wildman–Crippen LogP) is 2.97. The average molecular weight is 561 g/mol. The van der Waals surface area contributed by atoms with Crippen molar-refractivity contribution in [3.8, 4) is 0 Å². The molecule has 3 amide bonds. The highest BCUT2D eigenvalue weighted by Gasteiger charge is 2.34. The number of para-hydroxylation sites is 1. The monoisotopic (exact) mass is 561 g/mol. The number of imide groups is 1. The third kappa shape index (κ3) is 5.52. The molecule has 0 saturated carbocycles. The Kier molecular flexibility index (Phi) is 8.43. The third-order valence-electron chi connectivity index (χ3n) is 5.83. The molecule has 174 valence electrons. The van der Waals surface area contributed by atoms with Gasteiger partial charge in [0.1, 0.15) is 0 Å². The van der Waals surface area contributed by atoms with Crippen molar-refractivity contribution in [2.45, 2.75) is 25.2 Å². The quantitative estimate of drug-likeness (QED) is 0.159. The molecule has 2 heterocycles. The molecule has 0 spiro atoms. The molecule has 33 heavy (non-hydrogen) atoms. The largest absolute Gasteiger partial charge is 0.356 e. The summed E-state index contributed by atoms with van der Waals surface area (Å²) < 4.78 is 0. The van der Waals surface area contributed by atoms with Crippen LogP contribution in [0.15, 0.2) is 53.5 Å². The standard InChI is InChI=1S/C24H27N5O3.HI/c1-25-24(27-15-16-14-21(30)28-20-11-5-4-8-17(16)20)26-12-6-7-13-29-22(31)18-9-2-3-10-19(18)23(29)32;/h2-5,8-11,16H,6-7,12-15H2,1H3,(H,28,30)(H2,25,26,27);1H.